The molecule has 0 aliphatic rings. The molecular formula is C17H26N2O2. The van der Waals surface area contributed by atoms with Crippen LogP contribution in [0.1, 0.15) is 62.7 Å². The van der Waals surface area contributed by atoms with Crippen molar-refractivity contribution in [3.8, 4) is 0 Å². The van der Waals surface area contributed by atoms with Crippen LogP contribution in [-0.2, 0) is 4.79 Å². The highest BCUT2D eigenvalue weighted by molar-refractivity contribution is 5.95. The second kappa shape index (κ2) is 9.97. The summed E-state index contributed by atoms with van der Waals surface area (Å²) in [5, 5.41) is 5.73. The summed E-state index contributed by atoms with van der Waals surface area (Å²) in [4.78, 5) is 23.5. The number of rotatable bonds is 9. The standard InChI is InChI=1S/C17H26N2O2/c1-3-5-7-13-18-17(21)14-9-11-15(12-10-14)19-16(20)8-6-4-2/h9-12H,3-8,13H2,1-2H3,(H,18,21)(H,19,20). The van der Waals surface area contributed by atoms with E-state index in [1.54, 1.807) is 24.3 Å². The molecule has 21 heavy (non-hydrogen) atoms. The van der Waals surface area contributed by atoms with E-state index in [0.717, 1.165) is 37.8 Å². The fourth-order valence-corrected chi connectivity index (χ4v) is 1.94. The number of amides is 2. The van der Waals surface area contributed by atoms with Crippen LogP contribution in [-0.4, -0.2) is 18.4 Å². The Bertz CT molecular complexity index is 441. The first-order valence-corrected chi connectivity index (χ1v) is 7.85. The molecule has 0 saturated heterocycles. The molecule has 4 nitrogen and oxygen atoms in total. The highest BCUT2D eigenvalue weighted by atomic mass is 16.2. The van der Waals surface area contributed by atoms with Gasteiger partial charge in [-0.05, 0) is 37.1 Å². The van der Waals surface area contributed by atoms with Crippen LogP contribution in [0.5, 0.6) is 0 Å². The summed E-state index contributed by atoms with van der Waals surface area (Å²) < 4.78 is 0. The highest BCUT2D eigenvalue weighted by Gasteiger charge is 2.06. The largest absolute Gasteiger partial charge is 0.352 e. The van der Waals surface area contributed by atoms with Gasteiger partial charge in [-0.15, -0.1) is 0 Å². The number of anilines is 1. The van der Waals surface area contributed by atoms with Gasteiger partial charge >= 0.3 is 0 Å². The second-order valence-corrected chi connectivity index (χ2v) is 5.19. The van der Waals surface area contributed by atoms with Crippen LogP contribution >= 0.6 is 0 Å². The van der Waals surface area contributed by atoms with Crippen LogP contribution in [0, 0.1) is 0 Å². The zero-order valence-electron chi connectivity index (χ0n) is 13.1. The number of carbonyl (C=O) groups excluding carboxylic acids is 2. The van der Waals surface area contributed by atoms with Gasteiger partial charge in [0.1, 0.15) is 0 Å². The SMILES string of the molecule is CCCCCNC(=O)c1ccc(NC(=O)CCCC)cc1. The van der Waals surface area contributed by atoms with Crippen LogP contribution in [0.4, 0.5) is 5.69 Å². The van der Waals surface area contributed by atoms with E-state index in [1.165, 1.54) is 0 Å². The van der Waals surface area contributed by atoms with Gasteiger partial charge in [-0.2, -0.15) is 0 Å². The number of hydrogen-bond donors (Lipinski definition) is 2. The van der Waals surface area contributed by atoms with Gasteiger partial charge in [0.05, 0.1) is 0 Å². The summed E-state index contributed by atoms with van der Waals surface area (Å²) in [6.07, 6.45) is 5.71. The smallest absolute Gasteiger partial charge is 0.251 e. The zero-order chi connectivity index (χ0) is 15.5. The molecule has 0 spiro atoms. The molecular weight excluding hydrogens is 264 g/mol. The molecule has 0 bridgehead atoms. The molecule has 0 aliphatic heterocycles. The maximum absolute atomic E-state index is 11.9. The van der Waals surface area contributed by atoms with Crippen molar-refractivity contribution < 1.29 is 9.59 Å². The molecule has 0 unspecified atom stereocenters. The number of unbranched alkanes of at least 4 members (excludes halogenated alkanes) is 3. The molecule has 2 N–H and O–H groups in total. The number of hydrogen-bond acceptors (Lipinski definition) is 2. The third-order valence-electron chi connectivity index (χ3n) is 3.25. The number of carbonyl (C=O) groups is 2. The molecule has 0 saturated carbocycles. The summed E-state index contributed by atoms with van der Waals surface area (Å²) in [5.41, 5.74) is 1.36. The summed E-state index contributed by atoms with van der Waals surface area (Å²) in [6, 6.07) is 7.02. The molecule has 0 aliphatic carbocycles. The van der Waals surface area contributed by atoms with Gasteiger partial charge in [0.15, 0.2) is 0 Å². The van der Waals surface area contributed by atoms with E-state index < -0.39 is 0 Å². The molecule has 0 heterocycles. The van der Waals surface area contributed by atoms with Crippen molar-refractivity contribution in [2.75, 3.05) is 11.9 Å². The van der Waals surface area contributed by atoms with Gasteiger partial charge in [0.25, 0.3) is 5.91 Å². The topological polar surface area (TPSA) is 58.2 Å². The normalized spacial score (nSPS) is 10.2. The summed E-state index contributed by atoms with van der Waals surface area (Å²) in [6.45, 7) is 4.90. The van der Waals surface area contributed by atoms with Gasteiger partial charge in [0.2, 0.25) is 5.91 Å². The lowest BCUT2D eigenvalue weighted by atomic mass is 10.1. The second-order valence-electron chi connectivity index (χ2n) is 5.19. The first-order valence-electron chi connectivity index (χ1n) is 7.85. The third-order valence-corrected chi connectivity index (χ3v) is 3.25. The van der Waals surface area contributed by atoms with Crippen LogP contribution in [0.15, 0.2) is 24.3 Å². The average Bonchev–Trinajstić information content (AvgIpc) is 2.50. The zero-order valence-corrected chi connectivity index (χ0v) is 13.1. The Kier molecular flexibility index (Phi) is 8.17. The van der Waals surface area contributed by atoms with Crippen molar-refractivity contribution in [2.45, 2.75) is 52.4 Å². The Balaban J connectivity index is 2.42. The van der Waals surface area contributed by atoms with Crippen molar-refractivity contribution in [1.29, 1.82) is 0 Å². The third kappa shape index (κ3) is 6.93. The maximum atomic E-state index is 11.9. The monoisotopic (exact) mass is 290 g/mol. The van der Waals surface area contributed by atoms with Crippen molar-refractivity contribution in [3.05, 3.63) is 29.8 Å². The minimum atomic E-state index is -0.0602. The number of nitrogens with one attached hydrogen (secondary N) is 2. The molecule has 0 radical (unpaired) electrons. The van der Waals surface area contributed by atoms with Crippen LogP contribution in [0.2, 0.25) is 0 Å². The fourth-order valence-electron chi connectivity index (χ4n) is 1.94. The molecule has 2 amide bonds. The van der Waals surface area contributed by atoms with E-state index in [-0.39, 0.29) is 11.8 Å². The molecule has 0 aromatic heterocycles. The first kappa shape index (κ1) is 17.2. The van der Waals surface area contributed by atoms with Crippen molar-refractivity contribution in [2.24, 2.45) is 0 Å². The van der Waals surface area contributed by atoms with E-state index in [9.17, 15) is 9.59 Å². The highest BCUT2D eigenvalue weighted by Crippen LogP contribution is 2.10. The molecule has 0 atom stereocenters. The first-order chi connectivity index (χ1) is 10.2. The Labute approximate surface area is 127 Å². The van der Waals surface area contributed by atoms with Crippen LogP contribution < -0.4 is 10.6 Å². The van der Waals surface area contributed by atoms with Gasteiger partial charge in [-0.25, -0.2) is 0 Å². The number of benzene rings is 1. The minimum Gasteiger partial charge on any atom is -0.352 e. The lowest BCUT2D eigenvalue weighted by Crippen LogP contribution is -2.24. The minimum absolute atomic E-state index is 0.0219. The molecule has 116 valence electrons. The molecule has 1 aromatic carbocycles. The van der Waals surface area contributed by atoms with Crippen LogP contribution in [0.25, 0.3) is 0 Å². The van der Waals surface area contributed by atoms with E-state index in [4.69, 9.17) is 0 Å². The Morgan fingerprint density at radius 1 is 0.952 bits per heavy atom. The van der Waals surface area contributed by atoms with Crippen LogP contribution in [0.3, 0.4) is 0 Å². The fraction of sp³-hybridized carbons (Fsp3) is 0.529. The molecule has 1 aromatic rings. The van der Waals surface area contributed by atoms with E-state index >= 15 is 0 Å². The van der Waals surface area contributed by atoms with Crippen molar-refractivity contribution in [1.82, 2.24) is 5.32 Å². The summed E-state index contributed by atoms with van der Waals surface area (Å²) in [7, 11) is 0. The van der Waals surface area contributed by atoms with E-state index in [2.05, 4.69) is 24.5 Å². The maximum Gasteiger partial charge on any atom is 0.251 e. The molecule has 1 rings (SSSR count). The van der Waals surface area contributed by atoms with E-state index in [1.807, 2.05) is 0 Å². The Morgan fingerprint density at radius 3 is 2.24 bits per heavy atom. The summed E-state index contributed by atoms with van der Waals surface area (Å²) >= 11 is 0. The summed E-state index contributed by atoms with van der Waals surface area (Å²) in [5.74, 6) is -0.0384. The van der Waals surface area contributed by atoms with Gasteiger partial charge in [-0.3, -0.25) is 9.59 Å². The van der Waals surface area contributed by atoms with E-state index in [0.29, 0.717) is 18.5 Å². The van der Waals surface area contributed by atoms with Crippen molar-refractivity contribution in [3.63, 3.8) is 0 Å². The van der Waals surface area contributed by atoms with Gasteiger partial charge < -0.3 is 10.6 Å². The predicted molar refractivity (Wildman–Crippen MR) is 86.5 cm³/mol. The predicted octanol–water partition coefficient (Wildman–Crippen LogP) is 3.74. The average molecular weight is 290 g/mol. The molecule has 4 heteroatoms. The van der Waals surface area contributed by atoms with Crippen molar-refractivity contribution >= 4 is 17.5 Å². The lowest BCUT2D eigenvalue weighted by molar-refractivity contribution is -0.116. The lowest BCUT2D eigenvalue weighted by Gasteiger charge is -2.07. The van der Waals surface area contributed by atoms with Gasteiger partial charge in [-0.1, -0.05) is 33.1 Å². The molecule has 0 fully saturated rings. The Hall–Kier alpha value is -1.84. The quantitative estimate of drug-likeness (QED) is 0.681. The van der Waals surface area contributed by atoms with Gasteiger partial charge in [0, 0.05) is 24.2 Å². The Morgan fingerprint density at radius 2 is 1.62 bits per heavy atom.